The lowest BCUT2D eigenvalue weighted by molar-refractivity contribution is -0.138. The van der Waals surface area contributed by atoms with Crippen molar-refractivity contribution in [3.8, 4) is 11.5 Å². The highest BCUT2D eigenvalue weighted by atomic mass is 19.1. The van der Waals surface area contributed by atoms with E-state index in [4.69, 9.17) is 14.2 Å². The number of benzene rings is 3. The number of halogens is 1. The number of ether oxygens (including phenoxy) is 3. The Balaban J connectivity index is 1.54. The van der Waals surface area contributed by atoms with Crippen molar-refractivity contribution in [2.24, 2.45) is 0 Å². The van der Waals surface area contributed by atoms with E-state index >= 15 is 0 Å². The topological polar surface area (TPSA) is 61.8 Å². The summed E-state index contributed by atoms with van der Waals surface area (Å²) in [6.45, 7) is 7.07. The highest BCUT2D eigenvalue weighted by Gasteiger charge is 2.02. The molecule has 0 N–H and O–H groups in total. The molecular formula is C30H25FO5. The van der Waals surface area contributed by atoms with Crippen LogP contribution < -0.4 is 9.47 Å². The zero-order chi connectivity index (χ0) is 25.8. The minimum absolute atomic E-state index is 0.142. The maximum atomic E-state index is 14.6. The van der Waals surface area contributed by atoms with Gasteiger partial charge in [0, 0.05) is 17.7 Å². The van der Waals surface area contributed by atoms with Gasteiger partial charge in [-0.1, -0.05) is 73.9 Å². The molecule has 0 bridgehead atoms. The minimum Gasteiger partial charge on any atom is -0.490 e. The van der Waals surface area contributed by atoms with Crippen LogP contribution in [-0.4, -0.2) is 25.2 Å². The molecule has 182 valence electrons. The van der Waals surface area contributed by atoms with Crippen molar-refractivity contribution in [1.82, 2.24) is 0 Å². The molecule has 0 aliphatic carbocycles. The van der Waals surface area contributed by atoms with Crippen molar-refractivity contribution in [2.75, 3.05) is 13.2 Å². The predicted octanol–water partition coefficient (Wildman–Crippen LogP) is 6.37. The zero-order valence-corrected chi connectivity index (χ0v) is 19.6. The van der Waals surface area contributed by atoms with Crippen molar-refractivity contribution in [3.63, 3.8) is 0 Å². The lowest BCUT2D eigenvalue weighted by Crippen LogP contribution is -2.10. The highest BCUT2D eigenvalue weighted by Crippen LogP contribution is 2.19. The van der Waals surface area contributed by atoms with Crippen molar-refractivity contribution < 1.29 is 28.2 Å². The molecule has 3 aromatic carbocycles. The van der Waals surface area contributed by atoms with Gasteiger partial charge in [-0.15, -0.1) is 0 Å². The van der Waals surface area contributed by atoms with Crippen molar-refractivity contribution in [2.45, 2.75) is 0 Å². The lowest BCUT2D eigenvalue weighted by Gasteiger charge is -2.06. The fraction of sp³-hybridized carbons (Fsp3) is 0.0667. The van der Waals surface area contributed by atoms with Crippen LogP contribution in [0.3, 0.4) is 0 Å². The normalized spacial score (nSPS) is 10.8. The lowest BCUT2D eigenvalue weighted by atomic mass is 10.1. The molecule has 0 aliphatic rings. The van der Waals surface area contributed by atoms with Crippen LogP contribution >= 0.6 is 0 Å². The summed E-state index contributed by atoms with van der Waals surface area (Å²) in [5.74, 6) is -0.295. The molecule has 36 heavy (non-hydrogen) atoms. The SMILES string of the molecule is C=CC(=O)OCCOc1ccc(/C=C/c2ccc(/C=C/c3ccc(OC(=O)C=C)cc3)c(F)c2)cc1. The van der Waals surface area contributed by atoms with E-state index in [0.29, 0.717) is 17.1 Å². The summed E-state index contributed by atoms with van der Waals surface area (Å²) >= 11 is 0. The van der Waals surface area contributed by atoms with Crippen molar-refractivity contribution in [1.29, 1.82) is 0 Å². The monoisotopic (exact) mass is 484 g/mol. The summed E-state index contributed by atoms with van der Waals surface area (Å²) in [6, 6.07) is 19.2. The van der Waals surface area contributed by atoms with Gasteiger partial charge in [-0.2, -0.15) is 0 Å². The molecule has 0 atom stereocenters. The molecule has 0 spiro atoms. The minimum atomic E-state index is -0.527. The van der Waals surface area contributed by atoms with Crippen LogP contribution in [0.1, 0.15) is 22.3 Å². The van der Waals surface area contributed by atoms with Gasteiger partial charge in [0.2, 0.25) is 0 Å². The first-order valence-corrected chi connectivity index (χ1v) is 11.1. The number of carbonyl (C=O) groups is 2. The fourth-order valence-electron chi connectivity index (χ4n) is 3.00. The van der Waals surface area contributed by atoms with Gasteiger partial charge in [-0.25, -0.2) is 14.0 Å². The Morgan fingerprint density at radius 2 is 1.25 bits per heavy atom. The Kier molecular flexibility index (Phi) is 9.53. The Morgan fingerprint density at radius 1 is 0.694 bits per heavy atom. The van der Waals surface area contributed by atoms with Gasteiger partial charge in [0.15, 0.2) is 0 Å². The first-order chi connectivity index (χ1) is 17.5. The Bertz CT molecular complexity index is 1270. The van der Waals surface area contributed by atoms with E-state index in [1.807, 2.05) is 30.4 Å². The quantitative estimate of drug-likeness (QED) is 0.104. The van der Waals surface area contributed by atoms with E-state index in [0.717, 1.165) is 28.8 Å². The maximum absolute atomic E-state index is 14.6. The molecule has 6 heteroatoms. The van der Waals surface area contributed by atoms with E-state index in [9.17, 15) is 14.0 Å². The van der Waals surface area contributed by atoms with Crippen LogP contribution in [0.4, 0.5) is 4.39 Å². The average Bonchev–Trinajstić information content (AvgIpc) is 2.90. The number of rotatable bonds is 11. The van der Waals surface area contributed by atoms with E-state index in [1.165, 1.54) is 6.07 Å². The Hall–Kier alpha value is -4.71. The third kappa shape index (κ3) is 8.25. The largest absolute Gasteiger partial charge is 0.490 e. The molecule has 0 aliphatic heterocycles. The van der Waals surface area contributed by atoms with Gasteiger partial charge >= 0.3 is 11.9 Å². The first kappa shape index (κ1) is 25.9. The second-order valence-corrected chi connectivity index (χ2v) is 7.43. The molecule has 5 nitrogen and oxygen atoms in total. The summed E-state index contributed by atoms with van der Waals surface area (Å²) in [5.41, 5.74) is 2.94. The summed E-state index contributed by atoms with van der Waals surface area (Å²) in [7, 11) is 0. The molecule has 0 aromatic heterocycles. The molecule has 0 saturated carbocycles. The summed E-state index contributed by atoms with van der Waals surface area (Å²) in [5, 5.41) is 0. The van der Waals surface area contributed by atoms with Gasteiger partial charge in [-0.05, 0) is 47.0 Å². The Morgan fingerprint density at radius 3 is 1.86 bits per heavy atom. The van der Waals surface area contributed by atoms with Crippen LogP contribution in [0.2, 0.25) is 0 Å². The van der Waals surface area contributed by atoms with E-state index in [1.54, 1.807) is 54.6 Å². The fourth-order valence-corrected chi connectivity index (χ4v) is 3.00. The number of hydrogen-bond acceptors (Lipinski definition) is 5. The summed E-state index contributed by atoms with van der Waals surface area (Å²) < 4.78 is 30.0. The van der Waals surface area contributed by atoms with Crippen LogP contribution in [0.25, 0.3) is 24.3 Å². The average molecular weight is 485 g/mol. The van der Waals surface area contributed by atoms with Crippen molar-refractivity contribution in [3.05, 3.63) is 120 Å². The molecule has 3 aromatic rings. The van der Waals surface area contributed by atoms with E-state index < -0.39 is 11.9 Å². The number of carbonyl (C=O) groups excluding carboxylic acids is 2. The standard InChI is InChI=1S/C30H25FO5/c1-3-29(32)35-20-19-34-26-15-9-22(10-16-26)5-6-24-8-14-25(28(31)21-24)13-7-23-11-17-27(18-12-23)36-30(33)4-2/h3-18,21H,1-2,19-20H2/b6-5+,13-7+. The van der Waals surface area contributed by atoms with Gasteiger partial charge in [0.25, 0.3) is 0 Å². The highest BCUT2D eigenvalue weighted by molar-refractivity contribution is 5.83. The number of hydrogen-bond donors (Lipinski definition) is 0. The van der Waals surface area contributed by atoms with Crippen LogP contribution in [-0.2, 0) is 14.3 Å². The third-order valence-electron chi connectivity index (χ3n) is 4.86. The molecule has 0 fully saturated rings. The van der Waals surface area contributed by atoms with E-state index in [-0.39, 0.29) is 19.0 Å². The number of esters is 2. The van der Waals surface area contributed by atoms with E-state index in [2.05, 4.69) is 13.2 Å². The molecule has 0 heterocycles. The molecule has 3 rings (SSSR count). The van der Waals surface area contributed by atoms with Gasteiger partial charge < -0.3 is 14.2 Å². The van der Waals surface area contributed by atoms with Gasteiger partial charge in [0.1, 0.15) is 30.5 Å². The van der Waals surface area contributed by atoms with Crippen LogP contribution in [0, 0.1) is 5.82 Å². The second-order valence-electron chi connectivity index (χ2n) is 7.43. The molecule has 0 amide bonds. The third-order valence-corrected chi connectivity index (χ3v) is 4.86. The predicted molar refractivity (Wildman–Crippen MR) is 140 cm³/mol. The van der Waals surface area contributed by atoms with Gasteiger partial charge in [-0.3, -0.25) is 0 Å². The first-order valence-electron chi connectivity index (χ1n) is 11.1. The summed E-state index contributed by atoms with van der Waals surface area (Å²) in [6.07, 6.45) is 9.36. The Labute approximate surface area is 209 Å². The summed E-state index contributed by atoms with van der Waals surface area (Å²) in [4.78, 5) is 22.2. The van der Waals surface area contributed by atoms with Crippen LogP contribution in [0.5, 0.6) is 11.5 Å². The molecule has 0 radical (unpaired) electrons. The molecule has 0 unspecified atom stereocenters. The molecule has 0 saturated heterocycles. The van der Waals surface area contributed by atoms with Gasteiger partial charge in [0.05, 0.1) is 0 Å². The van der Waals surface area contributed by atoms with Crippen LogP contribution in [0.15, 0.2) is 92.0 Å². The zero-order valence-electron chi connectivity index (χ0n) is 19.6. The molecular weight excluding hydrogens is 459 g/mol. The van der Waals surface area contributed by atoms with Crippen molar-refractivity contribution >= 4 is 36.2 Å². The maximum Gasteiger partial charge on any atom is 0.335 e. The second kappa shape index (κ2) is 13.2. The smallest absolute Gasteiger partial charge is 0.335 e.